The van der Waals surface area contributed by atoms with Crippen molar-refractivity contribution in [3.8, 4) is 5.75 Å². The minimum atomic E-state index is -1.77. The fraction of sp³-hybridized carbons (Fsp3) is 0.281. The summed E-state index contributed by atoms with van der Waals surface area (Å²) in [6, 6.07) is 10.1. The second-order valence-corrected chi connectivity index (χ2v) is 14.6. The Morgan fingerprint density at radius 1 is 0.776 bits per heavy atom. The lowest BCUT2D eigenvalue weighted by molar-refractivity contribution is -0.384. The molecule has 256 valence electrons. The van der Waals surface area contributed by atoms with E-state index in [0.29, 0.717) is 21.8 Å². The van der Waals surface area contributed by atoms with Crippen LogP contribution >= 0.6 is 35.3 Å². The van der Waals surface area contributed by atoms with Gasteiger partial charge in [0.05, 0.1) is 57.3 Å². The highest BCUT2D eigenvalue weighted by Gasteiger charge is 2.62. The molecule has 3 aliphatic rings. The van der Waals surface area contributed by atoms with Crippen LogP contribution in [0.1, 0.15) is 29.8 Å². The molecule has 0 fully saturated rings. The van der Waals surface area contributed by atoms with Gasteiger partial charge in [-0.15, -0.1) is 0 Å². The van der Waals surface area contributed by atoms with E-state index < -0.39 is 44.3 Å². The van der Waals surface area contributed by atoms with Crippen molar-refractivity contribution in [3.63, 3.8) is 0 Å². The van der Waals surface area contributed by atoms with Gasteiger partial charge >= 0.3 is 23.9 Å². The lowest BCUT2D eigenvalue weighted by Gasteiger charge is -2.50. The number of amides is 1. The second kappa shape index (κ2) is 13.3. The van der Waals surface area contributed by atoms with E-state index in [9.17, 15) is 34.1 Å². The summed E-state index contributed by atoms with van der Waals surface area (Å²) < 4.78 is 24.1. The zero-order chi connectivity index (χ0) is 36.0. The first kappa shape index (κ1) is 35.6. The van der Waals surface area contributed by atoms with Gasteiger partial charge in [0.15, 0.2) is 0 Å². The average Bonchev–Trinajstić information content (AvgIpc) is 3.49. The first-order valence-corrected chi connectivity index (χ1v) is 16.6. The predicted octanol–water partition coefficient (Wildman–Crippen LogP) is 4.83. The van der Waals surface area contributed by atoms with Crippen LogP contribution in [0.2, 0.25) is 0 Å². The largest absolute Gasteiger partial charge is 0.497 e. The molecule has 0 saturated heterocycles. The minimum absolute atomic E-state index is 0.00170. The number of hydrogen-bond donors (Lipinski definition) is 0. The van der Waals surface area contributed by atoms with Crippen LogP contribution in [-0.4, -0.2) is 79.9 Å². The molecule has 2 aromatic carbocycles. The van der Waals surface area contributed by atoms with Crippen molar-refractivity contribution < 1.29 is 52.6 Å². The fourth-order valence-corrected chi connectivity index (χ4v) is 10.7. The van der Waals surface area contributed by atoms with Crippen molar-refractivity contribution in [1.82, 2.24) is 0 Å². The number of nitro groups is 1. The van der Waals surface area contributed by atoms with Gasteiger partial charge in [-0.1, -0.05) is 41.4 Å². The van der Waals surface area contributed by atoms with E-state index in [1.165, 1.54) is 30.2 Å². The highest BCUT2D eigenvalue weighted by molar-refractivity contribution is 8.26. The van der Waals surface area contributed by atoms with Crippen LogP contribution in [0.15, 0.2) is 67.7 Å². The number of benzene rings is 2. The van der Waals surface area contributed by atoms with Gasteiger partial charge in [-0.05, 0) is 32.0 Å². The summed E-state index contributed by atoms with van der Waals surface area (Å²) in [5, 5.41) is 11.6. The summed E-state index contributed by atoms with van der Waals surface area (Å²) in [5.74, 6) is -3.93. The minimum Gasteiger partial charge on any atom is -0.497 e. The van der Waals surface area contributed by atoms with E-state index in [0.717, 1.165) is 69.8 Å². The molecule has 0 bridgehead atoms. The summed E-state index contributed by atoms with van der Waals surface area (Å²) in [7, 11) is 5.93. The number of fused-ring (bicyclic) bond motifs is 3. The molecule has 0 radical (unpaired) electrons. The maximum absolute atomic E-state index is 14.5. The number of thioether (sulfide) groups is 3. The molecule has 17 heteroatoms. The number of hydrogen-bond acceptors (Lipinski definition) is 15. The molecule has 2 aromatic rings. The number of anilines is 1. The van der Waals surface area contributed by atoms with Gasteiger partial charge in [0.2, 0.25) is 0 Å². The van der Waals surface area contributed by atoms with Crippen molar-refractivity contribution in [2.24, 2.45) is 0 Å². The second-order valence-electron chi connectivity index (χ2n) is 10.8. The fourth-order valence-electron chi connectivity index (χ4n) is 5.67. The summed E-state index contributed by atoms with van der Waals surface area (Å²) >= 11 is 2.46. The number of esters is 4. The molecule has 1 spiro atoms. The van der Waals surface area contributed by atoms with E-state index in [1.807, 2.05) is 0 Å². The monoisotopic (exact) mass is 728 g/mol. The van der Waals surface area contributed by atoms with Gasteiger partial charge in [-0.25, -0.2) is 19.2 Å². The van der Waals surface area contributed by atoms with Crippen LogP contribution in [0.25, 0.3) is 5.57 Å². The lowest BCUT2D eigenvalue weighted by Crippen LogP contribution is -2.53. The zero-order valence-corrected chi connectivity index (χ0v) is 29.5. The number of nitro benzene ring substituents is 1. The Balaban J connectivity index is 1.89. The maximum atomic E-state index is 14.5. The van der Waals surface area contributed by atoms with Crippen LogP contribution < -0.4 is 9.64 Å². The molecular weight excluding hydrogens is 701 g/mol. The highest BCUT2D eigenvalue weighted by Crippen LogP contribution is 2.71. The van der Waals surface area contributed by atoms with Gasteiger partial charge in [0.1, 0.15) is 24.5 Å². The lowest BCUT2D eigenvalue weighted by atomic mass is 9.83. The Kier molecular flexibility index (Phi) is 9.64. The molecule has 5 rings (SSSR count). The van der Waals surface area contributed by atoms with E-state index in [2.05, 4.69) is 0 Å². The molecule has 3 heterocycles. The Morgan fingerprint density at radius 3 is 1.88 bits per heavy atom. The van der Waals surface area contributed by atoms with E-state index >= 15 is 0 Å². The Bertz CT molecular complexity index is 1920. The average molecular weight is 729 g/mol. The number of nitrogens with zero attached hydrogens (tertiary/aromatic N) is 2. The van der Waals surface area contributed by atoms with Gasteiger partial charge in [-0.2, -0.15) is 0 Å². The third-order valence-corrected chi connectivity index (χ3v) is 12.5. The molecule has 1 amide bonds. The summed E-state index contributed by atoms with van der Waals surface area (Å²) in [5.41, 5.74) is -0.883. The topological polar surface area (TPSA) is 178 Å². The molecular formula is C32H28N2O12S3. The smallest absolute Gasteiger partial charge is 0.345 e. The molecule has 49 heavy (non-hydrogen) atoms. The molecule has 0 N–H and O–H groups in total. The molecule has 14 nitrogen and oxygen atoms in total. The first-order valence-electron chi connectivity index (χ1n) is 14.1. The van der Waals surface area contributed by atoms with Crippen LogP contribution in [-0.2, 0) is 38.1 Å². The van der Waals surface area contributed by atoms with Crippen LogP contribution in [0.5, 0.6) is 5.75 Å². The Morgan fingerprint density at radius 2 is 1.35 bits per heavy atom. The van der Waals surface area contributed by atoms with Gasteiger partial charge < -0.3 is 23.7 Å². The number of ether oxygens (including phenoxy) is 5. The number of methoxy groups -OCH3 is 5. The molecule has 0 unspecified atom stereocenters. The van der Waals surface area contributed by atoms with Crippen molar-refractivity contribution in [2.45, 2.75) is 23.5 Å². The quantitative estimate of drug-likeness (QED) is 0.164. The maximum Gasteiger partial charge on any atom is 0.345 e. The van der Waals surface area contributed by atoms with Gasteiger partial charge in [0, 0.05) is 39.8 Å². The van der Waals surface area contributed by atoms with Gasteiger partial charge in [0.25, 0.3) is 11.6 Å². The summed E-state index contributed by atoms with van der Waals surface area (Å²) in [6.45, 7) is 3.39. The van der Waals surface area contributed by atoms with E-state index in [4.69, 9.17) is 23.7 Å². The normalized spacial score (nSPS) is 17.2. The number of carbonyl (C=O) groups excluding carboxylic acids is 5. The van der Waals surface area contributed by atoms with Crippen molar-refractivity contribution in [2.75, 3.05) is 40.4 Å². The van der Waals surface area contributed by atoms with Crippen molar-refractivity contribution in [1.29, 1.82) is 0 Å². The SMILES string of the molecule is COC(=O)C1=C(C(=O)OC)SC2(S1)C(C(=O)OC)=C(C(=O)OC)SC1=C2c2ccc(OC)cc2N(C(=O)c2cccc([N+](=O)[O-])c2)C1(C)C. The molecule has 0 atom stereocenters. The van der Waals surface area contributed by atoms with E-state index in [1.54, 1.807) is 32.0 Å². The molecule has 0 aliphatic carbocycles. The van der Waals surface area contributed by atoms with Crippen molar-refractivity contribution in [3.05, 3.63) is 88.9 Å². The van der Waals surface area contributed by atoms with Crippen LogP contribution in [0.4, 0.5) is 11.4 Å². The number of carbonyl (C=O) groups is 5. The Labute approximate surface area is 292 Å². The predicted molar refractivity (Wildman–Crippen MR) is 182 cm³/mol. The third-order valence-electron chi connectivity index (χ3n) is 7.85. The third kappa shape index (κ3) is 5.64. The van der Waals surface area contributed by atoms with Crippen molar-refractivity contribution >= 4 is 82.0 Å². The number of non-ortho nitro benzene ring substituents is 1. The van der Waals surface area contributed by atoms with Gasteiger partial charge in [-0.3, -0.25) is 19.8 Å². The Hall–Kier alpha value is -4.74. The van der Waals surface area contributed by atoms with Crippen LogP contribution in [0, 0.1) is 10.1 Å². The highest BCUT2D eigenvalue weighted by atomic mass is 32.2. The zero-order valence-electron chi connectivity index (χ0n) is 27.1. The molecule has 0 aromatic heterocycles. The summed E-state index contributed by atoms with van der Waals surface area (Å²) in [6.07, 6.45) is 0. The molecule has 0 saturated carbocycles. The molecule has 3 aliphatic heterocycles. The first-order chi connectivity index (χ1) is 23.2. The number of rotatable bonds is 7. The van der Waals surface area contributed by atoms with E-state index in [-0.39, 0.29) is 37.2 Å². The summed E-state index contributed by atoms with van der Waals surface area (Å²) in [4.78, 5) is 80.4. The van der Waals surface area contributed by atoms with Crippen LogP contribution in [0.3, 0.4) is 0 Å². The standard InChI is InChI=1S/C32H28N2O12S3/c1-31(2)25-20(18-12-11-17(42-3)14-19(18)33(31)26(35)15-9-8-10-16(13-15)34(40)41)32(21(27(36)43-4)22(47-25)28(37)44-5)48-23(29(38)45-6)24(49-32)30(39)46-7/h8-14H,1-7H3.